The summed E-state index contributed by atoms with van der Waals surface area (Å²) in [5.74, 6) is 2.46. The summed E-state index contributed by atoms with van der Waals surface area (Å²) in [5.41, 5.74) is 1.65. The predicted molar refractivity (Wildman–Crippen MR) is 126 cm³/mol. The summed E-state index contributed by atoms with van der Waals surface area (Å²) in [5, 5.41) is 13.0. The molecule has 168 valence electrons. The summed E-state index contributed by atoms with van der Waals surface area (Å²) >= 11 is 0. The number of oxazole rings is 1. The highest BCUT2D eigenvalue weighted by atomic mass is 16.4. The SMILES string of the molecule is CCCCC1CCC(c2nc(C#N)c(NCC(c3ccccc3)N(CC)CC)o2)CC1. The van der Waals surface area contributed by atoms with E-state index in [2.05, 4.69) is 66.3 Å². The van der Waals surface area contributed by atoms with Gasteiger partial charge in [-0.3, -0.25) is 4.90 Å². The Kier molecular flexibility index (Phi) is 8.97. The van der Waals surface area contributed by atoms with E-state index in [0.29, 0.717) is 24.0 Å². The molecule has 3 rings (SSSR count). The minimum Gasteiger partial charge on any atom is -0.424 e. The number of unbranched alkanes of at least 4 members (excludes halogenated alkanes) is 1. The number of anilines is 1. The van der Waals surface area contributed by atoms with Crippen LogP contribution in [0, 0.1) is 17.2 Å². The number of aromatic nitrogens is 1. The van der Waals surface area contributed by atoms with Crippen molar-refractivity contribution in [3.8, 4) is 6.07 Å². The van der Waals surface area contributed by atoms with E-state index in [0.717, 1.165) is 37.7 Å². The van der Waals surface area contributed by atoms with Crippen LogP contribution >= 0.6 is 0 Å². The second-order valence-electron chi connectivity index (χ2n) is 8.73. The highest BCUT2D eigenvalue weighted by molar-refractivity contribution is 5.46. The lowest BCUT2D eigenvalue weighted by molar-refractivity contribution is 0.227. The lowest BCUT2D eigenvalue weighted by Gasteiger charge is -2.30. The Morgan fingerprint density at radius 3 is 2.45 bits per heavy atom. The van der Waals surface area contributed by atoms with Crippen LogP contribution in [0.15, 0.2) is 34.7 Å². The lowest BCUT2D eigenvalue weighted by Crippen LogP contribution is -2.33. The van der Waals surface area contributed by atoms with E-state index in [1.807, 2.05) is 6.07 Å². The summed E-state index contributed by atoms with van der Waals surface area (Å²) in [6, 6.07) is 13.0. The first-order valence-electron chi connectivity index (χ1n) is 12.1. The van der Waals surface area contributed by atoms with Crippen LogP contribution in [-0.4, -0.2) is 29.5 Å². The third-order valence-corrected chi connectivity index (χ3v) is 6.80. The first-order chi connectivity index (χ1) is 15.2. The molecule has 1 fully saturated rings. The Morgan fingerprint density at radius 2 is 1.84 bits per heavy atom. The normalized spacial score (nSPS) is 19.8. The van der Waals surface area contributed by atoms with Gasteiger partial charge in [-0.2, -0.15) is 5.26 Å². The van der Waals surface area contributed by atoms with Gasteiger partial charge in [0.2, 0.25) is 17.5 Å². The maximum Gasteiger partial charge on any atom is 0.232 e. The molecule has 0 radical (unpaired) electrons. The van der Waals surface area contributed by atoms with E-state index in [9.17, 15) is 5.26 Å². The quantitative estimate of drug-likeness (QED) is 0.447. The van der Waals surface area contributed by atoms with E-state index in [1.165, 1.54) is 37.7 Å². The van der Waals surface area contributed by atoms with Crippen molar-refractivity contribution < 1.29 is 4.42 Å². The molecule has 1 aliphatic carbocycles. The number of nitriles is 1. The zero-order chi connectivity index (χ0) is 22.1. The molecule has 5 nitrogen and oxygen atoms in total. The second kappa shape index (κ2) is 11.9. The molecule has 0 spiro atoms. The maximum atomic E-state index is 9.63. The van der Waals surface area contributed by atoms with Gasteiger partial charge in [0, 0.05) is 12.5 Å². The molecule has 1 N–H and O–H groups in total. The number of hydrogen-bond acceptors (Lipinski definition) is 5. The van der Waals surface area contributed by atoms with Gasteiger partial charge >= 0.3 is 0 Å². The molecule has 1 aliphatic rings. The van der Waals surface area contributed by atoms with Crippen molar-refractivity contribution in [3.05, 3.63) is 47.5 Å². The van der Waals surface area contributed by atoms with Crippen LogP contribution in [-0.2, 0) is 0 Å². The fourth-order valence-corrected chi connectivity index (χ4v) is 4.88. The number of nitrogens with one attached hydrogen (secondary N) is 1. The zero-order valence-corrected chi connectivity index (χ0v) is 19.4. The van der Waals surface area contributed by atoms with E-state index in [4.69, 9.17) is 4.42 Å². The van der Waals surface area contributed by atoms with Gasteiger partial charge in [-0.15, -0.1) is 0 Å². The third kappa shape index (κ3) is 6.11. The molecular formula is C26H38N4O. The van der Waals surface area contributed by atoms with Crippen LogP contribution in [0.4, 0.5) is 5.88 Å². The topological polar surface area (TPSA) is 65.1 Å². The highest BCUT2D eigenvalue weighted by Gasteiger charge is 2.27. The molecule has 1 aromatic carbocycles. The monoisotopic (exact) mass is 422 g/mol. The summed E-state index contributed by atoms with van der Waals surface area (Å²) in [6.07, 6.45) is 8.67. The fraction of sp³-hybridized carbons (Fsp3) is 0.615. The minimum atomic E-state index is 0.213. The van der Waals surface area contributed by atoms with Gasteiger partial charge in [0.05, 0.1) is 6.04 Å². The van der Waals surface area contributed by atoms with Crippen molar-refractivity contribution >= 4 is 5.88 Å². The third-order valence-electron chi connectivity index (χ3n) is 6.80. The second-order valence-corrected chi connectivity index (χ2v) is 8.73. The smallest absolute Gasteiger partial charge is 0.232 e. The van der Waals surface area contributed by atoms with Crippen molar-refractivity contribution in [2.24, 2.45) is 5.92 Å². The molecule has 1 unspecified atom stereocenters. The molecule has 2 aromatic rings. The fourth-order valence-electron chi connectivity index (χ4n) is 4.88. The Morgan fingerprint density at radius 1 is 1.13 bits per heavy atom. The molecule has 0 bridgehead atoms. The van der Waals surface area contributed by atoms with Crippen molar-refractivity contribution in [1.29, 1.82) is 5.26 Å². The molecule has 0 saturated heterocycles. The van der Waals surface area contributed by atoms with Gasteiger partial charge in [-0.1, -0.05) is 70.4 Å². The molecule has 5 heteroatoms. The van der Waals surface area contributed by atoms with Crippen LogP contribution in [0.2, 0.25) is 0 Å². The maximum absolute atomic E-state index is 9.63. The van der Waals surface area contributed by atoms with Gasteiger partial charge in [0.25, 0.3) is 0 Å². The summed E-state index contributed by atoms with van der Waals surface area (Å²) in [4.78, 5) is 6.99. The average molecular weight is 423 g/mol. The average Bonchev–Trinajstić information content (AvgIpc) is 3.24. The van der Waals surface area contributed by atoms with E-state index < -0.39 is 0 Å². The van der Waals surface area contributed by atoms with Crippen LogP contribution in [0.3, 0.4) is 0 Å². The molecule has 0 aliphatic heterocycles. The number of benzene rings is 1. The van der Waals surface area contributed by atoms with Gasteiger partial charge < -0.3 is 9.73 Å². The number of hydrogen-bond donors (Lipinski definition) is 1. The van der Waals surface area contributed by atoms with Gasteiger partial charge in [-0.05, 0) is 50.3 Å². The Hall–Kier alpha value is -2.32. The lowest BCUT2D eigenvalue weighted by atomic mass is 9.80. The van der Waals surface area contributed by atoms with Crippen LogP contribution in [0.5, 0.6) is 0 Å². The van der Waals surface area contributed by atoms with Crippen LogP contribution in [0.1, 0.15) is 94.8 Å². The largest absolute Gasteiger partial charge is 0.424 e. The van der Waals surface area contributed by atoms with Crippen molar-refractivity contribution in [1.82, 2.24) is 9.88 Å². The molecule has 31 heavy (non-hydrogen) atoms. The molecular weight excluding hydrogens is 384 g/mol. The summed E-state index contributed by atoms with van der Waals surface area (Å²) in [7, 11) is 0. The Bertz CT molecular complexity index is 814. The van der Waals surface area contributed by atoms with Crippen LogP contribution < -0.4 is 5.32 Å². The first kappa shape index (κ1) is 23.3. The molecule has 1 saturated carbocycles. The Balaban J connectivity index is 1.67. The van der Waals surface area contributed by atoms with E-state index >= 15 is 0 Å². The molecule has 1 atom stereocenters. The predicted octanol–water partition coefficient (Wildman–Crippen LogP) is 6.51. The molecule has 1 aromatic heterocycles. The van der Waals surface area contributed by atoms with Crippen molar-refractivity contribution in [3.63, 3.8) is 0 Å². The standard InChI is InChI=1S/C26H38N4O/c1-4-7-11-20-14-16-22(17-15-20)25-29-23(18-27)26(31-25)28-19-24(30(5-2)6-3)21-12-9-8-10-13-21/h8-10,12-13,20,22,24,28H,4-7,11,14-17,19H2,1-3H3. The Labute approximate surface area is 187 Å². The summed E-state index contributed by atoms with van der Waals surface area (Å²) < 4.78 is 6.13. The van der Waals surface area contributed by atoms with E-state index in [1.54, 1.807) is 0 Å². The number of nitrogens with zero attached hydrogens (tertiary/aromatic N) is 3. The molecule has 1 heterocycles. The van der Waals surface area contributed by atoms with Gasteiger partial charge in [0.15, 0.2) is 0 Å². The number of rotatable bonds is 11. The molecule has 0 amide bonds. The summed E-state index contributed by atoms with van der Waals surface area (Å²) in [6.45, 7) is 9.24. The number of likely N-dealkylation sites (N-methyl/N-ethyl adjacent to an activating group) is 1. The zero-order valence-electron chi connectivity index (χ0n) is 19.4. The highest BCUT2D eigenvalue weighted by Crippen LogP contribution is 2.38. The van der Waals surface area contributed by atoms with E-state index in [-0.39, 0.29) is 6.04 Å². The minimum absolute atomic E-state index is 0.213. The van der Waals surface area contributed by atoms with Crippen molar-refractivity contribution in [2.75, 3.05) is 25.0 Å². The first-order valence-corrected chi connectivity index (χ1v) is 12.1. The van der Waals surface area contributed by atoms with Crippen LogP contribution in [0.25, 0.3) is 0 Å². The van der Waals surface area contributed by atoms with Gasteiger partial charge in [0.1, 0.15) is 6.07 Å². The van der Waals surface area contributed by atoms with Gasteiger partial charge in [-0.25, -0.2) is 4.98 Å². The van der Waals surface area contributed by atoms with Crippen molar-refractivity contribution in [2.45, 2.75) is 77.7 Å².